The Morgan fingerprint density at radius 3 is 2.63 bits per heavy atom. The largest absolute Gasteiger partial charge is 0.480 e. The molecule has 1 heterocycles. The van der Waals surface area contributed by atoms with Crippen molar-refractivity contribution in [1.82, 2.24) is 5.32 Å². The molecule has 1 aromatic carbocycles. The second kappa shape index (κ2) is 5.75. The molecular formula is C13H12ClNO4. The molecule has 0 spiro atoms. The second-order valence-corrected chi connectivity index (χ2v) is 4.58. The van der Waals surface area contributed by atoms with E-state index in [4.69, 9.17) is 16.3 Å². The number of carboxylic acids is 1. The number of nitrogens with one attached hydrogen (secondary N) is 1. The monoisotopic (exact) mass is 281 g/mol. The lowest BCUT2D eigenvalue weighted by atomic mass is 10.1. The van der Waals surface area contributed by atoms with Gasteiger partial charge in [-0.3, -0.25) is 0 Å². The van der Waals surface area contributed by atoms with Gasteiger partial charge >= 0.3 is 11.9 Å². The third-order valence-electron chi connectivity index (χ3n) is 2.67. The Balaban J connectivity index is 2.04. The summed E-state index contributed by atoms with van der Waals surface area (Å²) in [6, 6.07) is 6.13. The molecule has 0 radical (unpaired) electrons. The van der Waals surface area contributed by atoms with Crippen LogP contribution in [-0.4, -0.2) is 29.7 Å². The molecule has 100 valence electrons. The predicted octanol–water partition coefficient (Wildman–Crippen LogP) is 1.37. The van der Waals surface area contributed by atoms with Gasteiger partial charge in [-0.05, 0) is 17.7 Å². The summed E-state index contributed by atoms with van der Waals surface area (Å²) in [5.74, 6) is -1.45. The van der Waals surface area contributed by atoms with E-state index in [9.17, 15) is 14.7 Å². The Labute approximate surface area is 114 Å². The highest BCUT2D eigenvalue weighted by Gasteiger charge is 2.22. The molecule has 0 bridgehead atoms. The van der Waals surface area contributed by atoms with Gasteiger partial charge in [0.25, 0.3) is 0 Å². The first-order chi connectivity index (χ1) is 9.04. The zero-order valence-electron chi connectivity index (χ0n) is 9.93. The van der Waals surface area contributed by atoms with Gasteiger partial charge in [0.2, 0.25) is 0 Å². The van der Waals surface area contributed by atoms with Crippen molar-refractivity contribution in [3.63, 3.8) is 0 Å². The average Bonchev–Trinajstić information content (AvgIpc) is 2.76. The Kier molecular flexibility index (Phi) is 4.06. The number of hydrogen-bond donors (Lipinski definition) is 2. The van der Waals surface area contributed by atoms with Crippen LogP contribution in [0.4, 0.5) is 0 Å². The molecule has 1 atom stereocenters. The second-order valence-electron chi connectivity index (χ2n) is 4.14. The van der Waals surface area contributed by atoms with Gasteiger partial charge in [0.15, 0.2) is 0 Å². The minimum absolute atomic E-state index is 0.0865. The van der Waals surface area contributed by atoms with Crippen LogP contribution in [0, 0.1) is 0 Å². The van der Waals surface area contributed by atoms with Gasteiger partial charge in [0.05, 0.1) is 5.70 Å². The van der Waals surface area contributed by atoms with Crippen LogP contribution in [0.5, 0.6) is 0 Å². The van der Waals surface area contributed by atoms with Gasteiger partial charge in [-0.15, -0.1) is 0 Å². The van der Waals surface area contributed by atoms with Crippen LogP contribution in [0.15, 0.2) is 36.0 Å². The molecule has 0 saturated heterocycles. The Morgan fingerprint density at radius 2 is 2.11 bits per heavy atom. The van der Waals surface area contributed by atoms with Gasteiger partial charge in [-0.25, -0.2) is 9.59 Å². The van der Waals surface area contributed by atoms with Crippen molar-refractivity contribution in [1.29, 1.82) is 0 Å². The summed E-state index contributed by atoms with van der Waals surface area (Å²) < 4.78 is 4.71. The summed E-state index contributed by atoms with van der Waals surface area (Å²) in [5.41, 5.74) is 1.32. The molecule has 0 amide bonds. The lowest BCUT2D eigenvalue weighted by molar-refractivity contribution is -0.139. The van der Waals surface area contributed by atoms with Crippen molar-refractivity contribution >= 4 is 23.5 Å². The maximum Gasteiger partial charge on any atom is 0.333 e. The molecule has 1 aliphatic heterocycles. The van der Waals surface area contributed by atoms with E-state index in [1.54, 1.807) is 24.3 Å². The predicted molar refractivity (Wildman–Crippen MR) is 68.8 cm³/mol. The molecule has 1 aromatic rings. The number of halogens is 1. The zero-order valence-corrected chi connectivity index (χ0v) is 10.7. The molecule has 5 nitrogen and oxygen atoms in total. The fraction of sp³-hybridized carbons (Fsp3) is 0.231. The number of ether oxygens (including phenoxy) is 1. The minimum atomic E-state index is -0.991. The van der Waals surface area contributed by atoms with E-state index < -0.39 is 18.0 Å². The summed E-state index contributed by atoms with van der Waals surface area (Å²) in [6.07, 6.45) is 1.55. The number of esters is 1. The lowest BCUT2D eigenvalue weighted by Crippen LogP contribution is -2.38. The van der Waals surface area contributed by atoms with E-state index >= 15 is 0 Å². The van der Waals surface area contributed by atoms with E-state index in [2.05, 4.69) is 5.32 Å². The van der Waals surface area contributed by atoms with E-state index in [0.717, 1.165) is 5.56 Å². The molecule has 0 aliphatic carbocycles. The quantitative estimate of drug-likeness (QED) is 0.797. The zero-order chi connectivity index (χ0) is 13.8. The Hall–Kier alpha value is -2.01. The first-order valence-corrected chi connectivity index (χ1v) is 6.03. The number of carbonyl (C=O) groups excluding carboxylic acids is 1. The topological polar surface area (TPSA) is 75.6 Å². The van der Waals surface area contributed by atoms with Crippen LogP contribution in [-0.2, 0) is 20.7 Å². The van der Waals surface area contributed by atoms with Gasteiger partial charge in [0, 0.05) is 17.5 Å². The fourth-order valence-corrected chi connectivity index (χ4v) is 1.86. The number of benzene rings is 1. The molecule has 1 unspecified atom stereocenters. The van der Waals surface area contributed by atoms with Crippen LogP contribution < -0.4 is 5.32 Å². The van der Waals surface area contributed by atoms with E-state index in [1.807, 2.05) is 0 Å². The van der Waals surface area contributed by atoms with Crippen molar-refractivity contribution in [2.45, 2.75) is 12.5 Å². The normalized spacial score (nSPS) is 15.6. The summed E-state index contributed by atoms with van der Waals surface area (Å²) in [6.45, 7) is 0.0865. The Bertz CT molecular complexity index is 524. The first kappa shape index (κ1) is 13.4. The molecule has 0 fully saturated rings. The molecule has 6 heteroatoms. The van der Waals surface area contributed by atoms with E-state index in [1.165, 1.54) is 6.08 Å². The van der Waals surface area contributed by atoms with Crippen molar-refractivity contribution in [2.24, 2.45) is 0 Å². The number of aliphatic carboxylic acids is 1. The fourth-order valence-electron chi connectivity index (χ4n) is 1.74. The summed E-state index contributed by atoms with van der Waals surface area (Å²) in [5, 5.41) is 12.6. The molecule has 2 rings (SSSR count). The minimum Gasteiger partial charge on any atom is -0.480 e. The van der Waals surface area contributed by atoms with Crippen molar-refractivity contribution in [2.75, 3.05) is 6.61 Å². The smallest absolute Gasteiger partial charge is 0.333 e. The van der Waals surface area contributed by atoms with Crippen LogP contribution >= 0.6 is 11.6 Å². The summed E-state index contributed by atoms with van der Waals surface area (Å²) in [7, 11) is 0. The molecule has 1 aliphatic rings. The number of carboxylic acid groups (broad SMARTS) is 1. The van der Waals surface area contributed by atoms with Crippen molar-refractivity contribution < 1.29 is 19.4 Å². The van der Waals surface area contributed by atoms with E-state index in [0.29, 0.717) is 10.7 Å². The molecular weight excluding hydrogens is 270 g/mol. The van der Waals surface area contributed by atoms with Crippen LogP contribution in [0.3, 0.4) is 0 Å². The average molecular weight is 282 g/mol. The molecule has 2 N–H and O–H groups in total. The van der Waals surface area contributed by atoms with Crippen LogP contribution in [0.1, 0.15) is 5.56 Å². The van der Waals surface area contributed by atoms with Gasteiger partial charge in [-0.1, -0.05) is 23.7 Å². The number of hydrogen-bond acceptors (Lipinski definition) is 4. The highest BCUT2D eigenvalue weighted by molar-refractivity contribution is 6.30. The molecule has 0 saturated carbocycles. The van der Waals surface area contributed by atoms with Crippen LogP contribution in [0.25, 0.3) is 0 Å². The highest BCUT2D eigenvalue weighted by Crippen LogP contribution is 2.12. The summed E-state index contributed by atoms with van der Waals surface area (Å²) in [4.78, 5) is 22.1. The maximum atomic E-state index is 11.2. The standard InChI is InChI=1S/C13H12ClNO4/c14-9-3-1-8(2-4-9)5-11(13(17)18)15-10-6-12(16)19-7-10/h1-4,6,11,15H,5,7H2,(H,17,18). The molecule has 0 aromatic heterocycles. The third-order valence-corrected chi connectivity index (χ3v) is 2.92. The SMILES string of the molecule is O=C1C=C(NC(Cc2ccc(Cl)cc2)C(=O)O)CO1. The molecule has 19 heavy (non-hydrogen) atoms. The van der Waals surface area contributed by atoms with Gasteiger partial charge in [-0.2, -0.15) is 0 Å². The van der Waals surface area contributed by atoms with Gasteiger partial charge < -0.3 is 15.2 Å². The number of cyclic esters (lactones) is 1. The van der Waals surface area contributed by atoms with Crippen molar-refractivity contribution in [3.05, 3.63) is 46.6 Å². The number of carbonyl (C=O) groups is 2. The maximum absolute atomic E-state index is 11.2. The third kappa shape index (κ3) is 3.72. The first-order valence-electron chi connectivity index (χ1n) is 5.66. The highest BCUT2D eigenvalue weighted by atomic mass is 35.5. The lowest BCUT2D eigenvalue weighted by Gasteiger charge is -2.15. The van der Waals surface area contributed by atoms with Crippen LogP contribution in [0.2, 0.25) is 5.02 Å². The number of rotatable bonds is 5. The Morgan fingerprint density at radius 1 is 1.42 bits per heavy atom. The van der Waals surface area contributed by atoms with Gasteiger partial charge in [0.1, 0.15) is 12.6 Å². The summed E-state index contributed by atoms with van der Waals surface area (Å²) >= 11 is 5.77. The van der Waals surface area contributed by atoms with E-state index in [-0.39, 0.29) is 13.0 Å². The van der Waals surface area contributed by atoms with Crippen molar-refractivity contribution in [3.8, 4) is 0 Å².